The van der Waals surface area contributed by atoms with Gasteiger partial charge in [0, 0.05) is 11.8 Å². The van der Waals surface area contributed by atoms with Gasteiger partial charge in [0.2, 0.25) is 0 Å². The second kappa shape index (κ2) is 7.92. The Hall–Kier alpha value is -2.67. The Morgan fingerprint density at radius 2 is 1.56 bits per heavy atom. The van der Waals surface area contributed by atoms with Crippen molar-refractivity contribution in [3.63, 3.8) is 0 Å². The van der Waals surface area contributed by atoms with Crippen LogP contribution in [0.25, 0.3) is 11.1 Å². The van der Waals surface area contributed by atoms with Gasteiger partial charge in [-0.15, -0.1) is 0 Å². The summed E-state index contributed by atoms with van der Waals surface area (Å²) in [6.07, 6.45) is 11.0. The van der Waals surface area contributed by atoms with Crippen molar-refractivity contribution >= 4 is 17.4 Å². The second-order valence-corrected chi connectivity index (χ2v) is 7.61. The third kappa shape index (κ3) is 3.60. The largest absolute Gasteiger partial charge is 0.298 e. The molecule has 0 radical (unpaired) electrons. The molecule has 3 aliphatic carbocycles. The van der Waals surface area contributed by atoms with Gasteiger partial charge in [0.1, 0.15) is 6.29 Å². The molecule has 136 valence electrons. The van der Waals surface area contributed by atoms with Crippen LogP contribution in [-0.4, -0.2) is 6.29 Å². The molecule has 27 heavy (non-hydrogen) atoms. The summed E-state index contributed by atoms with van der Waals surface area (Å²) in [6, 6.07) is 21.5. The Morgan fingerprint density at radius 1 is 0.926 bits per heavy atom. The van der Waals surface area contributed by atoms with Crippen molar-refractivity contribution < 1.29 is 4.79 Å². The maximum absolute atomic E-state index is 11.5. The van der Waals surface area contributed by atoms with Gasteiger partial charge in [0.25, 0.3) is 0 Å². The summed E-state index contributed by atoms with van der Waals surface area (Å²) in [5.41, 5.74) is 6.47. The molecule has 1 nitrogen and oxygen atoms in total. The number of rotatable bonds is 6. The van der Waals surface area contributed by atoms with E-state index in [1.807, 2.05) is 0 Å². The third-order valence-electron chi connectivity index (χ3n) is 5.89. The summed E-state index contributed by atoms with van der Waals surface area (Å²) in [5, 5.41) is 0. The fourth-order valence-electron chi connectivity index (χ4n) is 4.70. The average Bonchev–Trinajstić information content (AvgIpc) is 2.74. The van der Waals surface area contributed by atoms with Crippen LogP contribution in [0.3, 0.4) is 0 Å². The molecule has 0 heterocycles. The lowest BCUT2D eigenvalue weighted by atomic mass is 9.62. The van der Waals surface area contributed by atoms with E-state index in [9.17, 15) is 4.79 Å². The van der Waals surface area contributed by atoms with E-state index in [4.69, 9.17) is 0 Å². The molecule has 3 aliphatic rings. The average molecular weight is 354 g/mol. The highest BCUT2D eigenvalue weighted by atomic mass is 16.1. The summed E-state index contributed by atoms with van der Waals surface area (Å²) in [6.45, 7) is 2.10. The summed E-state index contributed by atoms with van der Waals surface area (Å²) in [4.78, 5) is 11.5. The maximum atomic E-state index is 11.5. The number of hydrogen-bond donors (Lipinski definition) is 0. The van der Waals surface area contributed by atoms with Crippen LogP contribution in [-0.2, 0) is 4.79 Å². The highest BCUT2D eigenvalue weighted by Crippen LogP contribution is 2.51. The first-order valence-electron chi connectivity index (χ1n) is 9.98. The van der Waals surface area contributed by atoms with E-state index >= 15 is 0 Å². The molecular weight excluding hydrogens is 328 g/mol. The van der Waals surface area contributed by atoms with E-state index in [-0.39, 0.29) is 0 Å². The van der Waals surface area contributed by atoms with Crippen molar-refractivity contribution in [2.75, 3.05) is 0 Å². The van der Waals surface area contributed by atoms with E-state index in [2.05, 4.69) is 85.8 Å². The number of fused-ring (bicyclic) bond motifs is 1. The SMILES string of the molecule is CC/C=C(/C=O)CC1CC2C=C(c3ccccc3)C1C=C2c1ccccc1. The van der Waals surface area contributed by atoms with E-state index in [0.29, 0.717) is 17.8 Å². The summed E-state index contributed by atoms with van der Waals surface area (Å²) in [5.74, 6) is 1.28. The predicted octanol–water partition coefficient (Wildman–Crippen LogP) is 6.34. The van der Waals surface area contributed by atoms with Crippen LogP contribution in [0, 0.1) is 17.8 Å². The van der Waals surface area contributed by atoms with E-state index in [0.717, 1.165) is 31.1 Å². The molecule has 0 aliphatic heterocycles. The van der Waals surface area contributed by atoms with Crippen LogP contribution in [0.1, 0.15) is 37.3 Å². The van der Waals surface area contributed by atoms with Crippen LogP contribution >= 0.6 is 0 Å². The van der Waals surface area contributed by atoms with Crippen molar-refractivity contribution in [2.24, 2.45) is 17.8 Å². The van der Waals surface area contributed by atoms with Crippen LogP contribution < -0.4 is 0 Å². The minimum Gasteiger partial charge on any atom is -0.298 e. The van der Waals surface area contributed by atoms with Gasteiger partial charge < -0.3 is 0 Å². The van der Waals surface area contributed by atoms with E-state index in [1.165, 1.54) is 22.3 Å². The number of allylic oxidation sites excluding steroid dienone is 6. The van der Waals surface area contributed by atoms with Crippen molar-refractivity contribution in [3.05, 3.63) is 95.6 Å². The Kier molecular flexibility index (Phi) is 5.20. The quantitative estimate of drug-likeness (QED) is 0.437. The van der Waals surface area contributed by atoms with Gasteiger partial charge in [0.15, 0.2) is 0 Å². The molecule has 2 bridgehead atoms. The Labute approximate surface area is 162 Å². The number of benzene rings is 2. The van der Waals surface area contributed by atoms with Crippen molar-refractivity contribution in [2.45, 2.75) is 26.2 Å². The number of carbonyl (C=O) groups is 1. The fraction of sp³-hybridized carbons (Fsp3) is 0.269. The predicted molar refractivity (Wildman–Crippen MR) is 113 cm³/mol. The second-order valence-electron chi connectivity index (χ2n) is 7.61. The van der Waals surface area contributed by atoms with Gasteiger partial charge >= 0.3 is 0 Å². The lowest BCUT2D eigenvalue weighted by molar-refractivity contribution is -0.105. The minimum atomic E-state index is 0.368. The normalized spacial score (nSPS) is 24.3. The molecule has 0 saturated carbocycles. The molecule has 0 aromatic heterocycles. The fourth-order valence-corrected chi connectivity index (χ4v) is 4.70. The lowest BCUT2D eigenvalue weighted by Gasteiger charge is -2.42. The zero-order valence-electron chi connectivity index (χ0n) is 15.8. The molecule has 2 aromatic carbocycles. The zero-order valence-corrected chi connectivity index (χ0v) is 15.8. The van der Waals surface area contributed by atoms with Gasteiger partial charge in [-0.1, -0.05) is 85.8 Å². The summed E-state index contributed by atoms with van der Waals surface area (Å²) in [7, 11) is 0. The topological polar surface area (TPSA) is 17.1 Å². The molecule has 0 spiro atoms. The third-order valence-corrected chi connectivity index (χ3v) is 5.89. The highest BCUT2D eigenvalue weighted by molar-refractivity contribution is 5.83. The monoisotopic (exact) mass is 354 g/mol. The zero-order chi connectivity index (χ0) is 18.6. The Balaban J connectivity index is 1.71. The molecule has 5 rings (SSSR count). The van der Waals surface area contributed by atoms with Gasteiger partial charge in [0.05, 0.1) is 0 Å². The molecule has 1 heteroatoms. The minimum absolute atomic E-state index is 0.368. The maximum Gasteiger partial charge on any atom is 0.145 e. The standard InChI is InChI=1S/C26H26O/c1-2-9-19(18-27)14-22-15-23-16-25(21-12-7-4-8-13-21)26(22)17-24(23)20-10-5-3-6-11-20/h3-13,16-18,22-23,26H,2,14-15H2,1H3/b19-9+. The molecule has 0 N–H and O–H groups in total. The molecule has 3 unspecified atom stereocenters. The smallest absolute Gasteiger partial charge is 0.145 e. The van der Waals surface area contributed by atoms with Gasteiger partial charge in [-0.05, 0) is 53.0 Å². The molecule has 2 aromatic rings. The first-order chi connectivity index (χ1) is 13.3. The van der Waals surface area contributed by atoms with E-state index < -0.39 is 0 Å². The van der Waals surface area contributed by atoms with Crippen LogP contribution in [0.4, 0.5) is 0 Å². The number of aldehydes is 1. The summed E-state index contributed by atoms with van der Waals surface area (Å²) < 4.78 is 0. The molecule has 0 saturated heterocycles. The molecule has 0 amide bonds. The first kappa shape index (κ1) is 17.7. The van der Waals surface area contributed by atoms with Gasteiger partial charge in [-0.3, -0.25) is 4.79 Å². The molecule has 3 atom stereocenters. The first-order valence-corrected chi connectivity index (χ1v) is 9.98. The Bertz CT molecular complexity index is 886. The van der Waals surface area contributed by atoms with Crippen LogP contribution in [0.15, 0.2) is 84.5 Å². The van der Waals surface area contributed by atoms with Crippen molar-refractivity contribution in [3.8, 4) is 0 Å². The van der Waals surface area contributed by atoms with E-state index in [1.54, 1.807) is 0 Å². The lowest BCUT2D eigenvalue weighted by Crippen LogP contribution is -2.29. The molecular formula is C26H26O. The van der Waals surface area contributed by atoms with Crippen LogP contribution in [0.5, 0.6) is 0 Å². The van der Waals surface area contributed by atoms with Crippen LogP contribution in [0.2, 0.25) is 0 Å². The number of hydrogen-bond acceptors (Lipinski definition) is 1. The van der Waals surface area contributed by atoms with Gasteiger partial charge in [-0.2, -0.15) is 0 Å². The highest BCUT2D eigenvalue weighted by Gasteiger charge is 2.38. The Morgan fingerprint density at radius 3 is 2.11 bits per heavy atom. The van der Waals surface area contributed by atoms with Crippen molar-refractivity contribution in [1.29, 1.82) is 0 Å². The summed E-state index contributed by atoms with van der Waals surface area (Å²) >= 11 is 0. The van der Waals surface area contributed by atoms with Crippen molar-refractivity contribution in [1.82, 2.24) is 0 Å². The molecule has 0 fully saturated rings. The number of carbonyl (C=O) groups excluding carboxylic acids is 1. The van der Waals surface area contributed by atoms with Gasteiger partial charge in [-0.25, -0.2) is 0 Å².